The number of nitrogens with zero attached hydrogens (tertiary/aromatic N) is 2. The molecule has 88 valence electrons. The maximum atomic E-state index is 11.9. The first-order valence-corrected chi connectivity index (χ1v) is 5.98. The Kier molecular flexibility index (Phi) is 3.27. The van der Waals surface area contributed by atoms with Gasteiger partial charge in [0.2, 0.25) is 0 Å². The van der Waals surface area contributed by atoms with Crippen molar-refractivity contribution in [2.24, 2.45) is 7.05 Å². The molecule has 0 unspecified atom stereocenters. The van der Waals surface area contributed by atoms with E-state index in [1.165, 1.54) is 19.3 Å². The van der Waals surface area contributed by atoms with Crippen LogP contribution < -0.4 is 5.32 Å². The molecule has 2 rings (SSSR count). The molecule has 16 heavy (non-hydrogen) atoms. The minimum absolute atomic E-state index is 0.0319. The molecule has 4 nitrogen and oxygen atoms in total. The van der Waals surface area contributed by atoms with Crippen molar-refractivity contribution >= 4 is 5.91 Å². The second kappa shape index (κ2) is 4.68. The first-order chi connectivity index (χ1) is 7.66. The maximum absolute atomic E-state index is 11.9. The fourth-order valence-corrected chi connectivity index (χ4v) is 2.18. The van der Waals surface area contributed by atoms with Crippen LogP contribution in [0, 0.1) is 6.92 Å². The summed E-state index contributed by atoms with van der Waals surface area (Å²) in [6, 6.07) is 2.18. The summed E-state index contributed by atoms with van der Waals surface area (Å²) in [5.41, 5.74) is 1.54. The standard InChI is InChI=1S/C12H19N3O/c1-9-8-11(14-15(9)2)12(16)13-10-6-4-3-5-7-10/h8,10H,3-7H2,1-2H3,(H,13,16). The molecule has 1 heterocycles. The summed E-state index contributed by atoms with van der Waals surface area (Å²) < 4.78 is 1.73. The number of amides is 1. The Bertz CT molecular complexity index is 358. The third-order valence-electron chi connectivity index (χ3n) is 3.29. The van der Waals surface area contributed by atoms with E-state index in [2.05, 4.69) is 10.4 Å². The number of carbonyl (C=O) groups excluding carboxylic acids is 1. The topological polar surface area (TPSA) is 46.9 Å². The van der Waals surface area contributed by atoms with Crippen molar-refractivity contribution in [1.29, 1.82) is 0 Å². The van der Waals surface area contributed by atoms with E-state index < -0.39 is 0 Å². The summed E-state index contributed by atoms with van der Waals surface area (Å²) in [4.78, 5) is 11.9. The Balaban J connectivity index is 1.96. The molecule has 0 aromatic carbocycles. The third-order valence-corrected chi connectivity index (χ3v) is 3.29. The Morgan fingerprint density at radius 2 is 2.12 bits per heavy atom. The molecule has 0 saturated heterocycles. The zero-order valence-corrected chi connectivity index (χ0v) is 9.99. The van der Waals surface area contributed by atoms with Crippen LogP contribution in [0.5, 0.6) is 0 Å². The van der Waals surface area contributed by atoms with E-state index >= 15 is 0 Å². The zero-order valence-electron chi connectivity index (χ0n) is 9.99. The summed E-state index contributed by atoms with van der Waals surface area (Å²) >= 11 is 0. The van der Waals surface area contributed by atoms with Crippen molar-refractivity contribution in [1.82, 2.24) is 15.1 Å². The van der Waals surface area contributed by atoms with Gasteiger partial charge in [-0.05, 0) is 25.8 Å². The van der Waals surface area contributed by atoms with Crippen LogP contribution in [0.3, 0.4) is 0 Å². The average Bonchev–Trinajstić information content (AvgIpc) is 2.61. The SMILES string of the molecule is Cc1cc(C(=O)NC2CCCCC2)nn1C. The normalized spacial score (nSPS) is 17.4. The summed E-state index contributed by atoms with van der Waals surface area (Å²) in [6.07, 6.45) is 5.97. The number of nitrogens with one attached hydrogen (secondary N) is 1. The van der Waals surface area contributed by atoms with Gasteiger partial charge in [0.05, 0.1) is 0 Å². The highest BCUT2D eigenvalue weighted by Gasteiger charge is 2.18. The van der Waals surface area contributed by atoms with Gasteiger partial charge in [0.15, 0.2) is 0 Å². The molecular formula is C12H19N3O. The van der Waals surface area contributed by atoms with Crippen molar-refractivity contribution in [3.05, 3.63) is 17.5 Å². The predicted octanol–water partition coefficient (Wildman–Crippen LogP) is 1.79. The van der Waals surface area contributed by atoms with Gasteiger partial charge in [0, 0.05) is 18.8 Å². The van der Waals surface area contributed by atoms with Gasteiger partial charge in [0.25, 0.3) is 5.91 Å². The molecule has 1 amide bonds. The molecule has 0 atom stereocenters. The van der Waals surface area contributed by atoms with Crippen molar-refractivity contribution in [2.75, 3.05) is 0 Å². The zero-order chi connectivity index (χ0) is 11.5. The van der Waals surface area contributed by atoms with Crippen molar-refractivity contribution in [3.8, 4) is 0 Å². The van der Waals surface area contributed by atoms with Gasteiger partial charge in [-0.3, -0.25) is 9.48 Å². The van der Waals surface area contributed by atoms with E-state index in [4.69, 9.17) is 0 Å². The van der Waals surface area contributed by atoms with Gasteiger partial charge in [-0.15, -0.1) is 0 Å². The Morgan fingerprint density at radius 1 is 1.44 bits per heavy atom. The predicted molar refractivity (Wildman–Crippen MR) is 62.3 cm³/mol. The van der Waals surface area contributed by atoms with Crippen molar-refractivity contribution in [3.63, 3.8) is 0 Å². The molecular weight excluding hydrogens is 202 g/mol. The van der Waals surface area contributed by atoms with Crippen LogP contribution in [0.1, 0.15) is 48.3 Å². The van der Waals surface area contributed by atoms with E-state index in [9.17, 15) is 4.79 Å². The van der Waals surface area contributed by atoms with Crippen LogP contribution in [0.15, 0.2) is 6.07 Å². The fourth-order valence-electron chi connectivity index (χ4n) is 2.18. The van der Waals surface area contributed by atoms with Crippen molar-refractivity contribution in [2.45, 2.75) is 45.1 Å². The van der Waals surface area contributed by atoms with E-state index in [1.807, 2.05) is 20.0 Å². The van der Waals surface area contributed by atoms with Crippen LogP contribution in [0.25, 0.3) is 0 Å². The molecule has 1 aromatic rings. The van der Waals surface area contributed by atoms with E-state index in [0.29, 0.717) is 11.7 Å². The molecule has 1 N–H and O–H groups in total. The quantitative estimate of drug-likeness (QED) is 0.827. The maximum Gasteiger partial charge on any atom is 0.272 e. The Hall–Kier alpha value is -1.32. The van der Waals surface area contributed by atoms with Crippen LogP contribution in [0.4, 0.5) is 0 Å². The molecule has 1 aliphatic carbocycles. The van der Waals surface area contributed by atoms with Crippen molar-refractivity contribution < 1.29 is 4.79 Å². The lowest BCUT2D eigenvalue weighted by Gasteiger charge is -2.22. The summed E-state index contributed by atoms with van der Waals surface area (Å²) in [6.45, 7) is 1.95. The highest BCUT2D eigenvalue weighted by molar-refractivity contribution is 5.92. The van der Waals surface area contributed by atoms with Gasteiger partial charge >= 0.3 is 0 Å². The smallest absolute Gasteiger partial charge is 0.272 e. The minimum atomic E-state index is -0.0319. The minimum Gasteiger partial charge on any atom is -0.348 e. The number of hydrogen-bond acceptors (Lipinski definition) is 2. The first-order valence-electron chi connectivity index (χ1n) is 5.98. The van der Waals surface area contributed by atoms with Gasteiger partial charge < -0.3 is 5.32 Å². The van der Waals surface area contributed by atoms with Gasteiger partial charge in [-0.2, -0.15) is 5.10 Å². The lowest BCUT2D eigenvalue weighted by molar-refractivity contribution is 0.0922. The van der Waals surface area contributed by atoms with Gasteiger partial charge in [-0.1, -0.05) is 19.3 Å². The summed E-state index contributed by atoms with van der Waals surface area (Å²) in [5, 5.41) is 7.24. The lowest BCUT2D eigenvalue weighted by Crippen LogP contribution is -2.36. The van der Waals surface area contributed by atoms with Crippen LogP contribution in [-0.2, 0) is 7.05 Å². The van der Waals surface area contributed by atoms with E-state index in [-0.39, 0.29) is 5.91 Å². The highest BCUT2D eigenvalue weighted by Crippen LogP contribution is 2.17. The molecule has 1 aliphatic rings. The molecule has 0 aliphatic heterocycles. The first kappa shape index (κ1) is 11.2. The molecule has 1 saturated carbocycles. The van der Waals surface area contributed by atoms with Gasteiger partial charge in [-0.25, -0.2) is 0 Å². The summed E-state index contributed by atoms with van der Waals surface area (Å²) in [7, 11) is 1.85. The highest BCUT2D eigenvalue weighted by atomic mass is 16.2. The molecule has 0 bridgehead atoms. The monoisotopic (exact) mass is 221 g/mol. The number of rotatable bonds is 2. The number of aromatic nitrogens is 2. The largest absolute Gasteiger partial charge is 0.348 e. The lowest BCUT2D eigenvalue weighted by atomic mass is 9.95. The molecule has 0 spiro atoms. The van der Waals surface area contributed by atoms with Gasteiger partial charge in [0.1, 0.15) is 5.69 Å². The van der Waals surface area contributed by atoms with Crippen LogP contribution in [-0.4, -0.2) is 21.7 Å². The second-order valence-electron chi connectivity index (χ2n) is 4.60. The number of carbonyl (C=O) groups is 1. The third kappa shape index (κ3) is 2.43. The van der Waals surface area contributed by atoms with Crippen LogP contribution in [0.2, 0.25) is 0 Å². The molecule has 1 aromatic heterocycles. The number of hydrogen-bond donors (Lipinski definition) is 1. The van der Waals surface area contributed by atoms with E-state index in [1.54, 1.807) is 4.68 Å². The summed E-state index contributed by atoms with van der Waals surface area (Å²) in [5.74, 6) is -0.0319. The Morgan fingerprint density at radius 3 is 2.69 bits per heavy atom. The molecule has 1 fully saturated rings. The molecule has 0 radical (unpaired) electrons. The fraction of sp³-hybridized carbons (Fsp3) is 0.667. The Labute approximate surface area is 96.0 Å². The second-order valence-corrected chi connectivity index (χ2v) is 4.60. The average molecular weight is 221 g/mol. The van der Waals surface area contributed by atoms with Crippen LogP contribution >= 0.6 is 0 Å². The van der Waals surface area contributed by atoms with E-state index in [0.717, 1.165) is 18.5 Å². The molecule has 4 heteroatoms. The number of aryl methyl sites for hydroxylation is 2.